The Bertz CT molecular complexity index is 1350. The van der Waals surface area contributed by atoms with E-state index in [4.69, 9.17) is 16.3 Å². The molecule has 0 bridgehead atoms. The highest BCUT2D eigenvalue weighted by molar-refractivity contribution is 7.70. The van der Waals surface area contributed by atoms with Crippen molar-refractivity contribution in [3.8, 4) is 0 Å². The Kier molecular flexibility index (Phi) is 11.0. The SMILES string of the molecule is CC(C)(C)OC(=O)N1CCC(CN2CCC(CN3CC[C@@H](Nc4ncc(Cl)c(Nc5ccccc5P(C)(C)=O)n4)C3)CC2)CC1. The average Bonchev–Trinajstić information content (AvgIpc) is 3.41. The summed E-state index contributed by atoms with van der Waals surface area (Å²) in [5.74, 6) is 2.44. The molecule has 12 heteroatoms. The Morgan fingerprint density at radius 3 is 2.27 bits per heavy atom. The maximum absolute atomic E-state index is 12.8. The molecule has 2 N–H and O–H groups in total. The van der Waals surface area contributed by atoms with Gasteiger partial charge in [0.25, 0.3) is 0 Å². The van der Waals surface area contributed by atoms with Crippen molar-refractivity contribution in [3.63, 3.8) is 0 Å². The minimum absolute atomic E-state index is 0.174. The van der Waals surface area contributed by atoms with Gasteiger partial charge in [0, 0.05) is 50.6 Å². The van der Waals surface area contributed by atoms with Crippen molar-refractivity contribution in [2.75, 3.05) is 76.3 Å². The van der Waals surface area contributed by atoms with Gasteiger partial charge in [0.05, 0.1) is 11.9 Å². The minimum atomic E-state index is -2.48. The first-order valence-electron chi connectivity index (χ1n) is 16.5. The zero-order valence-electron chi connectivity index (χ0n) is 27.6. The molecule has 3 fully saturated rings. The number of hydrogen-bond donors (Lipinski definition) is 2. The van der Waals surface area contributed by atoms with Gasteiger partial charge in [-0.2, -0.15) is 4.98 Å². The highest BCUT2D eigenvalue weighted by atomic mass is 35.5. The second kappa shape index (κ2) is 14.6. The molecule has 5 rings (SSSR count). The first-order chi connectivity index (χ1) is 21.3. The van der Waals surface area contributed by atoms with Crippen LogP contribution in [0.15, 0.2) is 30.5 Å². The Balaban J connectivity index is 1.03. The largest absolute Gasteiger partial charge is 0.444 e. The molecule has 2 aromatic rings. The molecule has 0 aliphatic carbocycles. The molecule has 0 radical (unpaired) electrons. The number of likely N-dealkylation sites (tertiary alicyclic amines) is 3. The fraction of sp³-hybridized carbons (Fsp3) is 0.667. The van der Waals surface area contributed by atoms with Crippen LogP contribution in [0.4, 0.5) is 22.2 Å². The van der Waals surface area contributed by atoms with Gasteiger partial charge >= 0.3 is 6.09 Å². The van der Waals surface area contributed by atoms with E-state index in [1.54, 1.807) is 19.5 Å². The van der Waals surface area contributed by atoms with E-state index in [9.17, 15) is 9.36 Å². The Morgan fingerprint density at radius 1 is 0.978 bits per heavy atom. The van der Waals surface area contributed by atoms with Gasteiger partial charge in [0.1, 0.15) is 17.8 Å². The third-order valence-corrected chi connectivity index (χ3v) is 10.9. The van der Waals surface area contributed by atoms with Gasteiger partial charge in [0.2, 0.25) is 5.95 Å². The van der Waals surface area contributed by atoms with Gasteiger partial charge in [-0.25, -0.2) is 9.78 Å². The molecular weight excluding hydrogens is 609 g/mol. The summed E-state index contributed by atoms with van der Waals surface area (Å²) in [6.45, 7) is 17.5. The zero-order chi connectivity index (χ0) is 32.2. The lowest BCUT2D eigenvalue weighted by molar-refractivity contribution is 0.0162. The molecule has 4 heterocycles. The monoisotopic (exact) mass is 659 g/mol. The number of para-hydroxylation sites is 1. The van der Waals surface area contributed by atoms with E-state index < -0.39 is 12.7 Å². The number of anilines is 3. The van der Waals surface area contributed by atoms with E-state index in [1.807, 2.05) is 49.9 Å². The van der Waals surface area contributed by atoms with Crippen molar-refractivity contribution in [1.29, 1.82) is 0 Å². The molecule has 248 valence electrons. The summed E-state index contributed by atoms with van der Waals surface area (Å²) in [7, 11) is -2.48. The predicted molar refractivity (Wildman–Crippen MR) is 184 cm³/mol. The summed E-state index contributed by atoms with van der Waals surface area (Å²) in [5.41, 5.74) is 0.309. The highest BCUT2D eigenvalue weighted by Gasteiger charge is 2.30. The summed E-state index contributed by atoms with van der Waals surface area (Å²) >= 11 is 6.45. The minimum Gasteiger partial charge on any atom is -0.444 e. The van der Waals surface area contributed by atoms with Crippen molar-refractivity contribution in [2.24, 2.45) is 11.8 Å². The fourth-order valence-electron chi connectivity index (χ4n) is 6.71. The van der Waals surface area contributed by atoms with Crippen LogP contribution in [0.2, 0.25) is 5.02 Å². The molecule has 0 spiro atoms. The van der Waals surface area contributed by atoms with Gasteiger partial charge < -0.3 is 34.6 Å². The van der Waals surface area contributed by atoms with E-state index >= 15 is 0 Å². The number of aromatic nitrogens is 2. The van der Waals surface area contributed by atoms with Crippen molar-refractivity contribution < 1.29 is 14.1 Å². The molecule has 0 saturated carbocycles. The van der Waals surface area contributed by atoms with Crippen LogP contribution in [-0.4, -0.2) is 108 Å². The van der Waals surface area contributed by atoms with E-state index in [0.717, 1.165) is 88.5 Å². The first-order valence-corrected chi connectivity index (χ1v) is 19.4. The number of nitrogens with one attached hydrogen (secondary N) is 2. The molecule has 10 nitrogen and oxygen atoms in total. The number of ether oxygens (including phenoxy) is 1. The van der Waals surface area contributed by atoms with Gasteiger partial charge in [-0.3, -0.25) is 0 Å². The van der Waals surface area contributed by atoms with Crippen LogP contribution in [0.3, 0.4) is 0 Å². The van der Waals surface area contributed by atoms with Crippen LogP contribution in [0.1, 0.15) is 52.9 Å². The topological polar surface area (TPSA) is 103 Å². The van der Waals surface area contributed by atoms with Gasteiger partial charge in [0.15, 0.2) is 5.82 Å². The second-order valence-corrected chi connectivity index (χ2v) is 18.0. The van der Waals surface area contributed by atoms with Gasteiger partial charge in [-0.05, 0) is 103 Å². The van der Waals surface area contributed by atoms with Crippen LogP contribution in [0, 0.1) is 11.8 Å². The standard InChI is InChI=1S/C33H51ClN7O3P/c1-33(2,3)44-32(42)41-18-12-25(13-19-41)21-39-15-10-24(11-16-39)22-40-17-14-26(23-40)36-31-35-20-27(34)30(38-31)37-28-8-6-7-9-29(28)45(4,5)43/h6-9,20,24-26H,10-19,21-23H2,1-5H3,(H2,35,36,37,38)/t26-/m1/s1. The first kappa shape index (κ1) is 34.0. The maximum atomic E-state index is 12.8. The van der Waals surface area contributed by atoms with E-state index in [1.165, 1.54) is 12.8 Å². The lowest BCUT2D eigenvalue weighted by Gasteiger charge is -2.38. The van der Waals surface area contributed by atoms with Crippen molar-refractivity contribution >= 4 is 47.6 Å². The number of amides is 1. The Hall–Kier alpha value is -2.39. The van der Waals surface area contributed by atoms with E-state index in [0.29, 0.717) is 22.7 Å². The second-order valence-electron chi connectivity index (χ2n) is 14.4. The molecule has 1 aromatic heterocycles. The fourth-order valence-corrected chi connectivity index (χ4v) is 8.00. The van der Waals surface area contributed by atoms with Crippen LogP contribution in [0.25, 0.3) is 0 Å². The van der Waals surface area contributed by atoms with Crippen molar-refractivity contribution in [1.82, 2.24) is 24.7 Å². The number of piperidine rings is 2. The molecule has 1 amide bonds. The smallest absolute Gasteiger partial charge is 0.410 e. The number of carbonyl (C=O) groups is 1. The Labute approximate surface area is 274 Å². The third kappa shape index (κ3) is 9.80. The normalized spacial score (nSPS) is 21.2. The van der Waals surface area contributed by atoms with Crippen molar-refractivity contribution in [2.45, 2.75) is 64.5 Å². The van der Waals surface area contributed by atoms with E-state index in [2.05, 4.69) is 30.4 Å². The number of benzene rings is 1. The zero-order valence-corrected chi connectivity index (χ0v) is 29.2. The lowest BCUT2D eigenvalue weighted by atomic mass is 9.92. The number of carbonyl (C=O) groups excluding carboxylic acids is 1. The molecule has 3 aliphatic heterocycles. The quantitative estimate of drug-likeness (QED) is 0.315. The van der Waals surface area contributed by atoms with Crippen LogP contribution < -0.4 is 15.9 Å². The number of rotatable bonds is 9. The molecule has 3 saturated heterocycles. The summed E-state index contributed by atoms with van der Waals surface area (Å²) in [6.07, 6.45) is 7.09. The molecule has 45 heavy (non-hydrogen) atoms. The lowest BCUT2D eigenvalue weighted by Crippen LogP contribution is -2.45. The summed E-state index contributed by atoms with van der Waals surface area (Å²) in [5, 5.41) is 8.00. The summed E-state index contributed by atoms with van der Waals surface area (Å²) < 4.78 is 18.4. The van der Waals surface area contributed by atoms with Crippen LogP contribution >= 0.6 is 18.7 Å². The van der Waals surface area contributed by atoms with Crippen molar-refractivity contribution in [3.05, 3.63) is 35.5 Å². The highest BCUT2D eigenvalue weighted by Crippen LogP contribution is 2.38. The Morgan fingerprint density at radius 2 is 1.60 bits per heavy atom. The summed E-state index contributed by atoms with van der Waals surface area (Å²) in [4.78, 5) is 28.6. The summed E-state index contributed by atoms with van der Waals surface area (Å²) in [6, 6.07) is 7.87. The van der Waals surface area contributed by atoms with Gasteiger partial charge in [-0.1, -0.05) is 23.7 Å². The molecule has 0 unspecified atom stereocenters. The third-order valence-electron chi connectivity index (χ3n) is 9.09. The van der Waals surface area contributed by atoms with E-state index in [-0.39, 0.29) is 12.1 Å². The predicted octanol–water partition coefficient (Wildman–Crippen LogP) is 5.97. The number of halogens is 1. The number of hydrogen-bond acceptors (Lipinski definition) is 9. The van der Waals surface area contributed by atoms with Crippen LogP contribution in [-0.2, 0) is 9.30 Å². The number of nitrogens with zero attached hydrogens (tertiary/aromatic N) is 5. The maximum Gasteiger partial charge on any atom is 0.410 e. The molecule has 1 aromatic carbocycles. The molecule has 1 atom stereocenters. The molecular formula is C33H51ClN7O3P. The van der Waals surface area contributed by atoms with Gasteiger partial charge in [-0.15, -0.1) is 0 Å². The molecule has 3 aliphatic rings. The average molecular weight is 660 g/mol. The van der Waals surface area contributed by atoms with Crippen LogP contribution in [0.5, 0.6) is 0 Å².